The number of nitrogens with two attached hydrogens (primary N) is 1. The zero-order valence-corrected chi connectivity index (χ0v) is 17.3. The van der Waals surface area contributed by atoms with Crippen LogP contribution >= 0.6 is 23.4 Å². The predicted octanol–water partition coefficient (Wildman–Crippen LogP) is 3.02. The molecule has 1 saturated heterocycles. The van der Waals surface area contributed by atoms with Gasteiger partial charge in [0.25, 0.3) is 17.1 Å². The molecule has 4 amide bonds. The summed E-state index contributed by atoms with van der Waals surface area (Å²) in [5.74, 6) is -2.32. The molecule has 1 aliphatic rings. The van der Waals surface area contributed by atoms with E-state index in [1.54, 1.807) is 24.3 Å². The molecule has 0 unspecified atom stereocenters. The number of amides is 4. The standard InChI is InChI=1S/C20H15ClFN3O5S/c21-13-8-12(5-6-14(13)22)24-18(27)9-25-19(28)16(31-20(25)29)7-11-3-1-2-4-15(11)30-10-17(23)26/h1-8H,9-10H2,(H2,23,26)(H,24,27)/b16-7+. The van der Waals surface area contributed by atoms with Gasteiger partial charge in [0.1, 0.15) is 18.1 Å². The van der Waals surface area contributed by atoms with E-state index >= 15 is 0 Å². The number of carbonyl (C=O) groups is 4. The van der Waals surface area contributed by atoms with Gasteiger partial charge >= 0.3 is 0 Å². The third kappa shape index (κ3) is 5.62. The molecule has 3 N–H and O–H groups in total. The maximum atomic E-state index is 13.2. The van der Waals surface area contributed by atoms with Gasteiger partial charge in [0.05, 0.1) is 9.93 Å². The molecule has 0 aliphatic carbocycles. The monoisotopic (exact) mass is 463 g/mol. The molecule has 1 aliphatic heterocycles. The third-order valence-electron chi connectivity index (χ3n) is 3.95. The topological polar surface area (TPSA) is 119 Å². The summed E-state index contributed by atoms with van der Waals surface area (Å²) in [6.45, 7) is -0.878. The second kappa shape index (κ2) is 9.63. The number of ether oxygens (including phenoxy) is 1. The Labute approximate surface area is 185 Å². The minimum absolute atomic E-state index is 0.0813. The van der Waals surface area contributed by atoms with Crippen molar-refractivity contribution in [1.29, 1.82) is 0 Å². The van der Waals surface area contributed by atoms with E-state index in [0.717, 1.165) is 11.0 Å². The quantitative estimate of drug-likeness (QED) is 0.609. The van der Waals surface area contributed by atoms with Gasteiger partial charge in [0, 0.05) is 11.3 Å². The highest BCUT2D eigenvalue weighted by Crippen LogP contribution is 2.34. The number of carbonyl (C=O) groups excluding carboxylic acids is 4. The fourth-order valence-corrected chi connectivity index (χ4v) is 3.59. The number of hydrogen-bond acceptors (Lipinski definition) is 6. The van der Waals surface area contributed by atoms with Crippen molar-refractivity contribution in [3.05, 3.63) is 63.8 Å². The molecule has 160 valence electrons. The van der Waals surface area contributed by atoms with Crippen molar-refractivity contribution in [2.24, 2.45) is 5.73 Å². The van der Waals surface area contributed by atoms with Crippen molar-refractivity contribution in [1.82, 2.24) is 4.90 Å². The second-order valence-corrected chi connectivity index (χ2v) is 7.64. The lowest BCUT2D eigenvalue weighted by atomic mass is 10.2. The van der Waals surface area contributed by atoms with Crippen molar-refractivity contribution in [3.8, 4) is 5.75 Å². The second-order valence-electron chi connectivity index (χ2n) is 6.24. The molecule has 8 nitrogen and oxygen atoms in total. The summed E-state index contributed by atoms with van der Waals surface area (Å²) < 4.78 is 18.5. The van der Waals surface area contributed by atoms with Crippen LogP contribution in [0.15, 0.2) is 47.4 Å². The highest BCUT2D eigenvalue weighted by atomic mass is 35.5. The molecule has 2 aromatic rings. The average molecular weight is 464 g/mol. The normalized spacial score (nSPS) is 14.8. The summed E-state index contributed by atoms with van der Waals surface area (Å²) in [7, 11) is 0. The highest BCUT2D eigenvalue weighted by Gasteiger charge is 2.36. The molecule has 0 saturated carbocycles. The number of nitrogens with zero attached hydrogens (tertiary/aromatic N) is 1. The highest BCUT2D eigenvalue weighted by molar-refractivity contribution is 8.18. The van der Waals surface area contributed by atoms with Gasteiger partial charge in [-0.25, -0.2) is 4.39 Å². The average Bonchev–Trinajstić information content (AvgIpc) is 2.97. The largest absolute Gasteiger partial charge is 0.483 e. The van der Waals surface area contributed by atoms with Crippen LogP contribution in [0.5, 0.6) is 5.75 Å². The Morgan fingerprint density at radius 1 is 1.23 bits per heavy atom. The number of hydrogen-bond donors (Lipinski definition) is 2. The van der Waals surface area contributed by atoms with E-state index in [0.29, 0.717) is 23.1 Å². The van der Waals surface area contributed by atoms with Crippen LogP contribution in [0.1, 0.15) is 5.56 Å². The number of primary amides is 1. The minimum Gasteiger partial charge on any atom is -0.483 e. The summed E-state index contributed by atoms with van der Waals surface area (Å²) in [6, 6.07) is 10.2. The summed E-state index contributed by atoms with van der Waals surface area (Å²) >= 11 is 6.33. The van der Waals surface area contributed by atoms with Crippen molar-refractivity contribution in [2.75, 3.05) is 18.5 Å². The van der Waals surface area contributed by atoms with Crippen molar-refractivity contribution in [3.63, 3.8) is 0 Å². The maximum Gasteiger partial charge on any atom is 0.294 e. The van der Waals surface area contributed by atoms with E-state index in [2.05, 4.69) is 5.32 Å². The molecule has 0 atom stereocenters. The molecule has 0 spiro atoms. The molecule has 1 heterocycles. The lowest BCUT2D eigenvalue weighted by Gasteiger charge is -2.12. The van der Waals surface area contributed by atoms with E-state index in [4.69, 9.17) is 22.1 Å². The summed E-state index contributed by atoms with van der Waals surface area (Å²) in [6.07, 6.45) is 1.43. The van der Waals surface area contributed by atoms with E-state index in [9.17, 15) is 23.6 Å². The number of thioether (sulfide) groups is 1. The number of halogens is 2. The molecule has 0 bridgehead atoms. The van der Waals surface area contributed by atoms with Gasteiger partial charge in [-0.15, -0.1) is 0 Å². The first-order chi connectivity index (χ1) is 14.7. The molecule has 0 radical (unpaired) electrons. The van der Waals surface area contributed by atoms with Gasteiger partial charge in [-0.3, -0.25) is 24.1 Å². The van der Waals surface area contributed by atoms with Crippen molar-refractivity contribution in [2.45, 2.75) is 0 Å². The van der Waals surface area contributed by atoms with Crippen LogP contribution in [0.3, 0.4) is 0 Å². The Hall–Kier alpha value is -3.37. The van der Waals surface area contributed by atoms with E-state index in [-0.39, 0.29) is 22.2 Å². The Morgan fingerprint density at radius 3 is 2.68 bits per heavy atom. The Balaban J connectivity index is 1.71. The fourth-order valence-electron chi connectivity index (χ4n) is 2.58. The predicted molar refractivity (Wildman–Crippen MR) is 114 cm³/mol. The molecule has 31 heavy (non-hydrogen) atoms. The third-order valence-corrected chi connectivity index (χ3v) is 5.15. The maximum absolute atomic E-state index is 13.2. The van der Waals surface area contributed by atoms with E-state index in [1.165, 1.54) is 18.2 Å². The number of rotatable bonds is 7. The van der Waals surface area contributed by atoms with Crippen LogP contribution in [0, 0.1) is 5.82 Å². The van der Waals surface area contributed by atoms with Gasteiger partial charge in [0.15, 0.2) is 6.61 Å². The van der Waals surface area contributed by atoms with Crippen LogP contribution < -0.4 is 15.8 Å². The van der Waals surface area contributed by atoms with Crippen molar-refractivity contribution < 1.29 is 28.3 Å². The molecule has 3 rings (SSSR count). The SMILES string of the molecule is NC(=O)COc1ccccc1/C=C1/SC(=O)N(CC(=O)Nc2ccc(F)c(Cl)c2)C1=O. The lowest BCUT2D eigenvalue weighted by Crippen LogP contribution is -2.36. The van der Waals surface area contributed by atoms with Gasteiger partial charge < -0.3 is 15.8 Å². The summed E-state index contributed by atoms with van der Waals surface area (Å²) in [5, 5.41) is 1.65. The van der Waals surface area contributed by atoms with Crippen LogP contribution in [-0.2, 0) is 14.4 Å². The van der Waals surface area contributed by atoms with Crippen LogP contribution in [0.25, 0.3) is 6.08 Å². The fraction of sp³-hybridized carbons (Fsp3) is 0.100. The molecule has 11 heteroatoms. The first kappa shape index (κ1) is 22.3. The van der Waals surface area contributed by atoms with Crippen LogP contribution in [-0.4, -0.2) is 41.0 Å². The minimum atomic E-state index is -0.663. The number of imide groups is 1. The lowest BCUT2D eigenvalue weighted by molar-refractivity contribution is -0.127. The zero-order valence-electron chi connectivity index (χ0n) is 15.8. The summed E-state index contributed by atoms with van der Waals surface area (Å²) in [5.41, 5.74) is 5.76. The molecule has 0 aromatic heterocycles. The van der Waals surface area contributed by atoms with Gasteiger partial charge in [-0.05, 0) is 42.1 Å². The molecule has 2 aromatic carbocycles. The Bertz CT molecular complexity index is 1110. The number of para-hydroxylation sites is 1. The number of nitrogens with one attached hydrogen (secondary N) is 1. The van der Waals surface area contributed by atoms with Crippen molar-refractivity contribution >= 4 is 58.1 Å². The molecular formula is C20H15ClFN3O5S. The van der Waals surface area contributed by atoms with E-state index < -0.39 is 35.3 Å². The summed E-state index contributed by atoms with van der Waals surface area (Å²) in [4.78, 5) is 48.9. The number of benzene rings is 2. The van der Waals surface area contributed by atoms with E-state index in [1.807, 2.05) is 0 Å². The zero-order chi connectivity index (χ0) is 22.5. The van der Waals surface area contributed by atoms with Gasteiger partial charge in [0.2, 0.25) is 5.91 Å². The Kier molecular flexibility index (Phi) is 6.93. The van der Waals surface area contributed by atoms with Crippen LogP contribution in [0.4, 0.5) is 14.9 Å². The van der Waals surface area contributed by atoms with Gasteiger partial charge in [-0.1, -0.05) is 29.8 Å². The van der Waals surface area contributed by atoms with Gasteiger partial charge in [-0.2, -0.15) is 0 Å². The molecular weight excluding hydrogens is 449 g/mol. The first-order valence-electron chi connectivity index (χ1n) is 8.75. The smallest absolute Gasteiger partial charge is 0.294 e. The molecule has 1 fully saturated rings. The first-order valence-corrected chi connectivity index (χ1v) is 9.94. The Morgan fingerprint density at radius 2 is 1.97 bits per heavy atom. The van der Waals surface area contributed by atoms with Crippen LogP contribution in [0.2, 0.25) is 5.02 Å². The number of anilines is 1.